The number of piperidine rings is 2. The molecule has 13 heteroatoms. The lowest BCUT2D eigenvalue weighted by Crippen LogP contribution is -2.40. The smallest absolute Gasteiger partial charge is 0.234 e. The first-order chi connectivity index (χ1) is 21.9. The Morgan fingerprint density at radius 3 is 2.49 bits per heavy atom. The van der Waals surface area contributed by atoms with Crippen LogP contribution in [0.25, 0.3) is 22.3 Å². The number of hydrogen-bond acceptors (Lipinski definition) is 10. The first-order valence-electron chi connectivity index (χ1n) is 14.8. The largest absolute Gasteiger partial charge is 0.457 e. The van der Waals surface area contributed by atoms with Crippen LogP contribution in [0.15, 0.2) is 67.1 Å². The maximum Gasteiger partial charge on any atom is 0.234 e. The number of nitrogens with two attached hydrogens (primary N) is 1. The Hall–Kier alpha value is -5.30. The van der Waals surface area contributed by atoms with Gasteiger partial charge >= 0.3 is 0 Å². The number of aromatic nitrogens is 6. The van der Waals surface area contributed by atoms with E-state index in [1.165, 1.54) is 12.5 Å². The van der Waals surface area contributed by atoms with Crippen LogP contribution in [-0.2, 0) is 16.1 Å². The first-order valence-corrected chi connectivity index (χ1v) is 14.8. The molecular weight excluding hydrogens is 577 g/mol. The van der Waals surface area contributed by atoms with Crippen molar-refractivity contribution in [1.29, 1.82) is 0 Å². The summed E-state index contributed by atoms with van der Waals surface area (Å²) in [7, 11) is 0. The molecule has 7 rings (SSSR count). The quantitative estimate of drug-likeness (QED) is 0.258. The van der Waals surface area contributed by atoms with E-state index in [-0.39, 0.29) is 42.6 Å². The van der Waals surface area contributed by atoms with E-state index in [1.54, 1.807) is 0 Å². The second-order valence-corrected chi connectivity index (χ2v) is 11.3. The van der Waals surface area contributed by atoms with Crippen LogP contribution < -0.4 is 15.8 Å². The van der Waals surface area contributed by atoms with Crippen molar-refractivity contribution in [1.82, 2.24) is 40.2 Å². The number of anilines is 1. The number of hydrogen-bond donors (Lipinski definition) is 2. The minimum absolute atomic E-state index is 0.0400. The third kappa shape index (κ3) is 5.69. The Morgan fingerprint density at radius 1 is 0.978 bits per heavy atom. The zero-order chi connectivity index (χ0) is 30.9. The van der Waals surface area contributed by atoms with Crippen LogP contribution >= 0.6 is 0 Å². The molecule has 5 aromatic rings. The van der Waals surface area contributed by atoms with E-state index in [0.29, 0.717) is 41.4 Å². The number of nitrogen functional groups attached to an aromatic ring is 1. The van der Waals surface area contributed by atoms with E-state index >= 15 is 4.39 Å². The van der Waals surface area contributed by atoms with Gasteiger partial charge in [0.15, 0.2) is 11.5 Å². The number of carbonyl (C=O) groups excluding carboxylic acids is 2. The number of carbonyl (C=O) groups is 2. The molecule has 2 aliphatic rings. The number of halogens is 1. The van der Waals surface area contributed by atoms with Crippen LogP contribution in [0.5, 0.6) is 11.5 Å². The van der Waals surface area contributed by atoms with Gasteiger partial charge < -0.3 is 10.5 Å². The lowest BCUT2D eigenvalue weighted by atomic mass is 9.91. The Morgan fingerprint density at radius 2 is 1.73 bits per heavy atom. The monoisotopic (exact) mass is 607 g/mol. The van der Waals surface area contributed by atoms with Gasteiger partial charge in [0.2, 0.25) is 11.8 Å². The van der Waals surface area contributed by atoms with E-state index in [2.05, 4.69) is 30.4 Å². The fraction of sp³-hybridized carbons (Fsp3) is 0.281. The predicted octanol–water partition coefficient (Wildman–Crippen LogP) is 4.15. The Labute approximate surface area is 257 Å². The molecule has 5 heterocycles. The third-order valence-electron chi connectivity index (χ3n) is 8.40. The van der Waals surface area contributed by atoms with Crippen LogP contribution in [0, 0.1) is 5.82 Å². The molecule has 2 saturated heterocycles. The highest BCUT2D eigenvalue weighted by Crippen LogP contribution is 2.35. The van der Waals surface area contributed by atoms with Crippen LogP contribution in [-0.4, -0.2) is 59.7 Å². The molecule has 2 aromatic carbocycles. The number of fused-ring (bicyclic) bond motifs is 1. The van der Waals surface area contributed by atoms with Gasteiger partial charge in [-0.3, -0.25) is 19.8 Å². The summed E-state index contributed by atoms with van der Waals surface area (Å²) in [5, 5.41) is 16.0. The SMILES string of the molecule is Nc1ncnc2c1c(-c1ccc(Oc3ccccc3)cc1)nn2C1CCN(Cc2nncc(C3CCC(=O)NC3=O)c2F)CC1. The minimum Gasteiger partial charge on any atom is -0.457 e. The molecule has 0 radical (unpaired) electrons. The summed E-state index contributed by atoms with van der Waals surface area (Å²) >= 11 is 0. The number of nitrogens with one attached hydrogen (secondary N) is 1. The standard InChI is InChI=1S/C32H30FN9O3/c33-28-24(23-10-11-26(43)38-32(23)44)16-37-39-25(28)17-41-14-12-20(13-15-41)42-31-27(30(34)35-18-36-31)29(40-42)19-6-8-22(9-7-19)45-21-4-2-1-3-5-21/h1-9,16,18,20,23H,10-15,17H2,(H2,34,35,36)(H,38,43,44). The number of imide groups is 1. The second kappa shape index (κ2) is 12.0. The molecule has 45 heavy (non-hydrogen) atoms. The fourth-order valence-electron chi connectivity index (χ4n) is 6.05. The van der Waals surface area contributed by atoms with Crippen molar-refractivity contribution in [3.63, 3.8) is 0 Å². The van der Waals surface area contributed by atoms with E-state index < -0.39 is 17.6 Å². The maximum absolute atomic E-state index is 15.5. The van der Waals surface area contributed by atoms with E-state index in [0.717, 1.165) is 24.2 Å². The molecule has 2 fully saturated rings. The van der Waals surface area contributed by atoms with Crippen molar-refractivity contribution >= 4 is 28.7 Å². The number of nitrogens with zero attached hydrogens (tertiary/aromatic N) is 7. The molecule has 2 amide bonds. The molecule has 2 aliphatic heterocycles. The topological polar surface area (TPSA) is 154 Å². The molecule has 228 valence electrons. The van der Waals surface area contributed by atoms with E-state index in [9.17, 15) is 9.59 Å². The van der Waals surface area contributed by atoms with Gasteiger partial charge in [-0.05, 0) is 55.7 Å². The molecule has 12 nitrogen and oxygen atoms in total. The Bertz CT molecular complexity index is 1870. The molecule has 0 saturated carbocycles. The summed E-state index contributed by atoms with van der Waals surface area (Å²) in [5.41, 5.74) is 8.92. The third-order valence-corrected chi connectivity index (χ3v) is 8.40. The molecule has 0 aliphatic carbocycles. The zero-order valence-electron chi connectivity index (χ0n) is 24.3. The summed E-state index contributed by atoms with van der Waals surface area (Å²) in [6.07, 6.45) is 4.62. The second-order valence-electron chi connectivity index (χ2n) is 11.3. The maximum atomic E-state index is 15.5. The normalized spacial score (nSPS) is 17.8. The lowest BCUT2D eigenvalue weighted by molar-refractivity contribution is -0.134. The Balaban J connectivity index is 1.07. The van der Waals surface area contributed by atoms with Crippen molar-refractivity contribution in [3.05, 3.63) is 84.2 Å². The summed E-state index contributed by atoms with van der Waals surface area (Å²) in [6.45, 7) is 1.58. The highest BCUT2D eigenvalue weighted by molar-refractivity contribution is 6.01. The predicted molar refractivity (Wildman–Crippen MR) is 162 cm³/mol. The molecular formula is C32H30FN9O3. The highest BCUT2D eigenvalue weighted by atomic mass is 19.1. The van der Waals surface area contributed by atoms with E-state index in [4.69, 9.17) is 15.6 Å². The van der Waals surface area contributed by atoms with Gasteiger partial charge in [-0.2, -0.15) is 15.3 Å². The summed E-state index contributed by atoms with van der Waals surface area (Å²) in [5.74, 6) is -0.345. The number of para-hydroxylation sites is 1. The van der Waals surface area contributed by atoms with Crippen molar-refractivity contribution in [2.45, 2.75) is 44.2 Å². The van der Waals surface area contributed by atoms with Crippen LogP contribution in [0.1, 0.15) is 48.9 Å². The van der Waals surface area contributed by atoms with Crippen LogP contribution in [0.2, 0.25) is 0 Å². The molecule has 0 spiro atoms. The summed E-state index contributed by atoms with van der Waals surface area (Å²) < 4.78 is 23.4. The Kier molecular flexibility index (Phi) is 7.59. The minimum atomic E-state index is -0.757. The highest BCUT2D eigenvalue weighted by Gasteiger charge is 2.32. The summed E-state index contributed by atoms with van der Waals surface area (Å²) in [6, 6.07) is 17.3. The number of rotatable bonds is 7. The van der Waals surface area contributed by atoms with Crippen molar-refractivity contribution in [2.75, 3.05) is 18.8 Å². The molecule has 3 N–H and O–H groups in total. The summed E-state index contributed by atoms with van der Waals surface area (Å²) in [4.78, 5) is 34.8. The molecule has 3 aromatic heterocycles. The van der Waals surface area contributed by atoms with Crippen molar-refractivity contribution in [2.24, 2.45) is 0 Å². The van der Waals surface area contributed by atoms with Gasteiger partial charge in [0.1, 0.15) is 35.0 Å². The van der Waals surface area contributed by atoms with E-state index in [1.807, 2.05) is 59.3 Å². The molecule has 1 unspecified atom stereocenters. The van der Waals surface area contributed by atoms with Gasteiger partial charge in [-0.15, -0.1) is 0 Å². The van der Waals surface area contributed by atoms with Gasteiger partial charge in [0, 0.05) is 37.2 Å². The first kappa shape index (κ1) is 28.5. The van der Waals surface area contributed by atoms with Crippen LogP contribution in [0.3, 0.4) is 0 Å². The number of benzene rings is 2. The average Bonchev–Trinajstić information content (AvgIpc) is 3.45. The van der Waals surface area contributed by atoms with Gasteiger partial charge in [-0.1, -0.05) is 18.2 Å². The fourth-order valence-corrected chi connectivity index (χ4v) is 6.05. The van der Waals surface area contributed by atoms with Gasteiger partial charge in [-0.25, -0.2) is 19.0 Å². The molecule has 1 atom stereocenters. The number of amides is 2. The molecule has 0 bridgehead atoms. The van der Waals surface area contributed by atoms with Crippen molar-refractivity contribution < 1.29 is 18.7 Å². The number of ether oxygens (including phenoxy) is 1. The van der Waals surface area contributed by atoms with Gasteiger partial charge in [0.05, 0.1) is 23.5 Å². The zero-order valence-corrected chi connectivity index (χ0v) is 24.3. The van der Waals surface area contributed by atoms with Crippen molar-refractivity contribution in [3.8, 4) is 22.8 Å². The number of likely N-dealkylation sites (tertiary alicyclic amines) is 1. The van der Waals surface area contributed by atoms with Crippen LogP contribution in [0.4, 0.5) is 10.2 Å². The lowest BCUT2D eigenvalue weighted by Gasteiger charge is -2.32. The van der Waals surface area contributed by atoms with Gasteiger partial charge in [0.25, 0.3) is 0 Å². The average molecular weight is 608 g/mol.